The lowest BCUT2D eigenvalue weighted by molar-refractivity contribution is 0.164. The van der Waals surface area contributed by atoms with Gasteiger partial charge in [-0.3, -0.25) is 4.98 Å². The van der Waals surface area contributed by atoms with Crippen LogP contribution in [-0.4, -0.2) is 61.9 Å². The number of hydrogen-bond donors (Lipinski definition) is 1. The highest BCUT2D eigenvalue weighted by molar-refractivity contribution is 7.89. The van der Waals surface area contributed by atoms with Crippen molar-refractivity contribution in [3.05, 3.63) is 24.5 Å². The zero-order valence-corrected chi connectivity index (χ0v) is 11.2. The quantitative estimate of drug-likeness (QED) is 0.789. The van der Waals surface area contributed by atoms with Gasteiger partial charge < -0.3 is 10.6 Å². The van der Waals surface area contributed by atoms with Crippen LogP contribution < -0.4 is 5.73 Å². The van der Waals surface area contributed by atoms with Crippen LogP contribution in [0.4, 0.5) is 0 Å². The second kappa shape index (κ2) is 5.31. The summed E-state index contributed by atoms with van der Waals surface area (Å²) in [5, 5.41) is 0. The molecule has 0 radical (unpaired) electrons. The van der Waals surface area contributed by atoms with Crippen molar-refractivity contribution >= 4 is 10.0 Å². The summed E-state index contributed by atoms with van der Waals surface area (Å²) >= 11 is 0. The fourth-order valence-corrected chi connectivity index (χ4v) is 3.72. The van der Waals surface area contributed by atoms with Crippen molar-refractivity contribution in [2.75, 3.05) is 33.2 Å². The van der Waals surface area contributed by atoms with E-state index in [2.05, 4.69) is 9.88 Å². The van der Waals surface area contributed by atoms with E-state index in [1.165, 1.54) is 10.5 Å². The van der Waals surface area contributed by atoms with Crippen LogP contribution in [-0.2, 0) is 10.0 Å². The van der Waals surface area contributed by atoms with Gasteiger partial charge in [0, 0.05) is 38.6 Å². The van der Waals surface area contributed by atoms with Crippen LogP contribution in [0.25, 0.3) is 0 Å². The number of rotatable bonds is 3. The molecule has 2 rings (SSSR count). The van der Waals surface area contributed by atoms with Crippen LogP contribution in [0.2, 0.25) is 0 Å². The number of hydrogen-bond acceptors (Lipinski definition) is 5. The molecule has 1 unspecified atom stereocenters. The minimum absolute atomic E-state index is 0.172. The molecule has 6 nitrogen and oxygen atoms in total. The van der Waals surface area contributed by atoms with Gasteiger partial charge in [-0.05, 0) is 19.2 Å². The molecule has 1 aromatic rings. The van der Waals surface area contributed by atoms with Gasteiger partial charge in [0.15, 0.2) is 0 Å². The Balaban J connectivity index is 2.30. The number of nitrogens with two attached hydrogens (primary N) is 1. The summed E-state index contributed by atoms with van der Waals surface area (Å²) in [4.78, 5) is 6.18. The molecule has 0 spiro atoms. The maximum atomic E-state index is 12.5. The summed E-state index contributed by atoms with van der Waals surface area (Å²) in [6.07, 6.45) is 2.94. The van der Waals surface area contributed by atoms with Crippen molar-refractivity contribution in [3.63, 3.8) is 0 Å². The van der Waals surface area contributed by atoms with Crippen LogP contribution in [0.5, 0.6) is 0 Å². The SMILES string of the molecule is CN1CCN(S(=O)(=O)c2cccnc2)C(CN)C1. The Morgan fingerprint density at radius 3 is 2.89 bits per heavy atom. The average Bonchev–Trinajstić information content (AvgIpc) is 2.39. The Labute approximate surface area is 107 Å². The van der Waals surface area contributed by atoms with Crippen molar-refractivity contribution in [2.24, 2.45) is 5.73 Å². The third kappa shape index (κ3) is 2.54. The smallest absolute Gasteiger partial charge is 0.244 e. The van der Waals surface area contributed by atoms with Crippen molar-refractivity contribution < 1.29 is 8.42 Å². The predicted octanol–water partition coefficient (Wildman–Crippen LogP) is -0.655. The fourth-order valence-electron chi connectivity index (χ4n) is 2.14. The van der Waals surface area contributed by atoms with Crippen molar-refractivity contribution in [1.29, 1.82) is 0 Å². The lowest BCUT2D eigenvalue weighted by Crippen LogP contribution is -2.56. The Morgan fingerprint density at radius 2 is 2.28 bits per heavy atom. The second-order valence-corrected chi connectivity index (χ2v) is 6.35. The van der Waals surface area contributed by atoms with E-state index in [1.54, 1.807) is 18.3 Å². The number of piperazine rings is 1. The molecule has 1 aliphatic rings. The zero-order chi connectivity index (χ0) is 13.2. The molecular weight excluding hydrogens is 252 g/mol. The van der Waals surface area contributed by atoms with E-state index in [0.717, 1.165) is 6.54 Å². The van der Waals surface area contributed by atoms with Gasteiger partial charge in [-0.25, -0.2) is 8.42 Å². The molecule has 7 heteroatoms. The maximum Gasteiger partial charge on any atom is 0.244 e. The molecule has 0 bridgehead atoms. The molecule has 1 fully saturated rings. The maximum absolute atomic E-state index is 12.5. The average molecular weight is 270 g/mol. The van der Waals surface area contributed by atoms with E-state index < -0.39 is 10.0 Å². The third-order valence-corrected chi connectivity index (χ3v) is 5.08. The lowest BCUT2D eigenvalue weighted by atomic mass is 10.2. The molecule has 18 heavy (non-hydrogen) atoms. The van der Waals surface area contributed by atoms with E-state index in [0.29, 0.717) is 19.6 Å². The van der Waals surface area contributed by atoms with Gasteiger partial charge >= 0.3 is 0 Å². The molecule has 0 aliphatic carbocycles. The molecule has 2 N–H and O–H groups in total. The summed E-state index contributed by atoms with van der Waals surface area (Å²) in [5.41, 5.74) is 5.68. The minimum atomic E-state index is -3.48. The van der Waals surface area contributed by atoms with Crippen LogP contribution in [0.1, 0.15) is 0 Å². The van der Waals surface area contributed by atoms with Gasteiger partial charge in [0.25, 0.3) is 0 Å². The Morgan fingerprint density at radius 1 is 1.50 bits per heavy atom. The summed E-state index contributed by atoms with van der Waals surface area (Å²) in [5.74, 6) is 0. The largest absolute Gasteiger partial charge is 0.329 e. The topological polar surface area (TPSA) is 79.5 Å². The number of pyridine rings is 1. The van der Waals surface area contributed by atoms with Crippen LogP contribution >= 0.6 is 0 Å². The molecular formula is C11H18N4O2S. The highest BCUT2D eigenvalue weighted by Crippen LogP contribution is 2.19. The fraction of sp³-hybridized carbons (Fsp3) is 0.545. The first-order valence-corrected chi connectivity index (χ1v) is 7.30. The van der Waals surface area contributed by atoms with Crippen LogP contribution in [0, 0.1) is 0 Å². The summed E-state index contributed by atoms with van der Waals surface area (Å²) in [6, 6.07) is 3.02. The zero-order valence-electron chi connectivity index (χ0n) is 10.4. The molecule has 0 aromatic carbocycles. The third-order valence-electron chi connectivity index (χ3n) is 3.14. The van der Waals surface area contributed by atoms with E-state index in [4.69, 9.17) is 5.73 Å². The summed E-state index contributed by atoms with van der Waals surface area (Å²) < 4.78 is 26.4. The lowest BCUT2D eigenvalue weighted by Gasteiger charge is -2.38. The molecule has 0 amide bonds. The van der Waals surface area contributed by atoms with Gasteiger partial charge in [-0.1, -0.05) is 0 Å². The molecule has 1 atom stereocenters. The first kappa shape index (κ1) is 13.4. The van der Waals surface area contributed by atoms with Gasteiger partial charge in [-0.2, -0.15) is 4.31 Å². The van der Waals surface area contributed by atoms with Gasteiger partial charge in [0.1, 0.15) is 4.90 Å². The summed E-state index contributed by atoms with van der Waals surface area (Å²) in [6.45, 7) is 2.17. The van der Waals surface area contributed by atoms with Crippen molar-refractivity contribution in [2.45, 2.75) is 10.9 Å². The number of aromatic nitrogens is 1. The van der Waals surface area contributed by atoms with Crippen molar-refractivity contribution in [3.8, 4) is 0 Å². The molecule has 0 saturated carbocycles. The van der Waals surface area contributed by atoms with Crippen LogP contribution in [0.15, 0.2) is 29.4 Å². The molecule has 1 aliphatic heterocycles. The van der Waals surface area contributed by atoms with Gasteiger partial charge in [0.2, 0.25) is 10.0 Å². The predicted molar refractivity (Wildman–Crippen MR) is 68.5 cm³/mol. The van der Waals surface area contributed by atoms with E-state index >= 15 is 0 Å². The number of likely N-dealkylation sites (N-methyl/N-ethyl adjacent to an activating group) is 1. The van der Waals surface area contributed by atoms with Crippen LogP contribution in [0.3, 0.4) is 0 Å². The van der Waals surface area contributed by atoms with E-state index in [-0.39, 0.29) is 10.9 Å². The molecule has 1 saturated heterocycles. The number of nitrogens with zero attached hydrogens (tertiary/aromatic N) is 3. The minimum Gasteiger partial charge on any atom is -0.329 e. The number of sulfonamides is 1. The Bertz CT molecular complexity index is 491. The normalized spacial score (nSPS) is 23.1. The van der Waals surface area contributed by atoms with E-state index in [9.17, 15) is 8.42 Å². The van der Waals surface area contributed by atoms with E-state index in [1.807, 2.05) is 7.05 Å². The molecule has 2 heterocycles. The summed E-state index contributed by atoms with van der Waals surface area (Å²) in [7, 11) is -1.51. The highest BCUT2D eigenvalue weighted by atomic mass is 32.2. The standard InChI is InChI=1S/C11H18N4O2S/c1-14-5-6-15(10(7-12)9-14)18(16,17)11-3-2-4-13-8-11/h2-4,8,10H,5-7,9,12H2,1H3. The van der Waals surface area contributed by atoms with Gasteiger partial charge in [0.05, 0.1) is 6.04 Å². The second-order valence-electron chi connectivity index (χ2n) is 4.46. The molecule has 1 aromatic heterocycles. The Hall–Kier alpha value is -1.02. The molecule has 100 valence electrons. The Kier molecular flexibility index (Phi) is 3.96. The highest BCUT2D eigenvalue weighted by Gasteiger charge is 2.34. The van der Waals surface area contributed by atoms with Gasteiger partial charge in [-0.15, -0.1) is 0 Å². The first-order chi connectivity index (χ1) is 8.55. The monoisotopic (exact) mass is 270 g/mol. The first-order valence-electron chi connectivity index (χ1n) is 5.86. The van der Waals surface area contributed by atoms with Crippen molar-refractivity contribution in [1.82, 2.24) is 14.2 Å².